The average molecular weight is 322 g/mol. The van der Waals surface area contributed by atoms with Crippen LogP contribution in [0.3, 0.4) is 0 Å². The van der Waals surface area contributed by atoms with Crippen LogP contribution < -0.4 is 0 Å². The van der Waals surface area contributed by atoms with Crippen molar-refractivity contribution in [3.63, 3.8) is 0 Å². The lowest BCUT2D eigenvalue weighted by Gasteiger charge is -2.26. The van der Waals surface area contributed by atoms with Crippen LogP contribution in [0.25, 0.3) is 16.6 Å². The Balaban J connectivity index is 1.53. The van der Waals surface area contributed by atoms with Gasteiger partial charge in [0, 0.05) is 37.3 Å². The SMILES string of the molecule is CCc1ocnc1C(=O)N1CC=C(c2cnc3[nH]ccc3c2)CC1. The van der Waals surface area contributed by atoms with E-state index >= 15 is 0 Å². The first-order chi connectivity index (χ1) is 11.8. The molecule has 0 aromatic carbocycles. The summed E-state index contributed by atoms with van der Waals surface area (Å²) in [6, 6.07) is 4.15. The first-order valence-corrected chi connectivity index (χ1v) is 8.10. The number of amides is 1. The van der Waals surface area contributed by atoms with Gasteiger partial charge in [0.05, 0.1) is 0 Å². The molecule has 0 atom stereocenters. The largest absolute Gasteiger partial charge is 0.448 e. The number of pyridine rings is 1. The molecule has 0 fully saturated rings. The van der Waals surface area contributed by atoms with Gasteiger partial charge in [0.1, 0.15) is 11.4 Å². The van der Waals surface area contributed by atoms with Gasteiger partial charge in [-0.25, -0.2) is 9.97 Å². The fourth-order valence-corrected chi connectivity index (χ4v) is 3.08. The Kier molecular flexibility index (Phi) is 3.65. The quantitative estimate of drug-likeness (QED) is 0.804. The van der Waals surface area contributed by atoms with Crippen LogP contribution in [0.1, 0.15) is 35.2 Å². The average Bonchev–Trinajstić information content (AvgIpc) is 3.29. The van der Waals surface area contributed by atoms with Crippen LogP contribution in [-0.2, 0) is 6.42 Å². The molecule has 4 rings (SSSR count). The highest BCUT2D eigenvalue weighted by Crippen LogP contribution is 2.25. The molecular formula is C18H18N4O2. The molecule has 1 aliphatic heterocycles. The number of fused-ring (bicyclic) bond motifs is 1. The fraction of sp³-hybridized carbons (Fsp3) is 0.278. The molecule has 0 spiro atoms. The second kappa shape index (κ2) is 5.96. The topological polar surface area (TPSA) is 75.0 Å². The predicted molar refractivity (Wildman–Crippen MR) is 90.5 cm³/mol. The van der Waals surface area contributed by atoms with Crippen molar-refractivity contribution in [3.05, 3.63) is 54.0 Å². The summed E-state index contributed by atoms with van der Waals surface area (Å²) in [4.78, 5) is 26.0. The lowest BCUT2D eigenvalue weighted by molar-refractivity contribution is 0.0765. The molecule has 1 aliphatic rings. The van der Waals surface area contributed by atoms with E-state index in [4.69, 9.17) is 4.42 Å². The van der Waals surface area contributed by atoms with Crippen LogP contribution in [0, 0.1) is 0 Å². The van der Waals surface area contributed by atoms with Crippen molar-refractivity contribution >= 4 is 22.5 Å². The molecule has 0 bridgehead atoms. The number of carbonyl (C=O) groups excluding carboxylic acids is 1. The summed E-state index contributed by atoms with van der Waals surface area (Å²) in [7, 11) is 0. The summed E-state index contributed by atoms with van der Waals surface area (Å²) in [5.74, 6) is 0.590. The van der Waals surface area contributed by atoms with Gasteiger partial charge in [-0.3, -0.25) is 4.79 Å². The van der Waals surface area contributed by atoms with Gasteiger partial charge < -0.3 is 14.3 Å². The predicted octanol–water partition coefficient (Wildman–Crippen LogP) is 3.04. The second-order valence-corrected chi connectivity index (χ2v) is 5.85. The van der Waals surface area contributed by atoms with E-state index in [2.05, 4.69) is 27.1 Å². The number of aryl methyl sites for hydroxylation is 1. The lowest BCUT2D eigenvalue weighted by atomic mass is 10.00. The summed E-state index contributed by atoms with van der Waals surface area (Å²) >= 11 is 0. The van der Waals surface area contributed by atoms with Crippen molar-refractivity contribution < 1.29 is 9.21 Å². The smallest absolute Gasteiger partial charge is 0.276 e. The van der Waals surface area contributed by atoms with E-state index in [0.29, 0.717) is 31.0 Å². The van der Waals surface area contributed by atoms with E-state index in [9.17, 15) is 4.79 Å². The number of hydrogen-bond donors (Lipinski definition) is 1. The highest BCUT2D eigenvalue weighted by Gasteiger charge is 2.24. The summed E-state index contributed by atoms with van der Waals surface area (Å²) in [5.41, 5.74) is 3.67. The molecule has 6 heteroatoms. The van der Waals surface area contributed by atoms with Gasteiger partial charge in [-0.2, -0.15) is 0 Å². The monoisotopic (exact) mass is 322 g/mol. The van der Waals surface area contributed by atoms with E-state index in [-0.39, 0.29) is 5.91 Å². The minimum atomic E-state index is -0.0601. The van der Waals surface area contributed by atoms with E-state index in [0.717, 1.165) is 23.0 Å². The van der Waals surface area contributed by atoms with Gasteiger partial charge in [0.2, 0.25) is 0 Å². The Labute approximate surface area is 139 Å². The van der Waals surface area contributed by atoms with Crippen LogP contribution in [0.2, 0.25) is 0 Å². The molecule has 0 saturated heterocycles. The number of aromatic amines is 1. The van der Waals surface area contributed by atoms with Crippen molar-refractivity contribution in [2.45, 2.75) is 19.8 Å². The van der Waals surface area contributed by atoms with Crippen LogP contribution >= 0.6 is 0 Å². The van der Waals surface area contributed by atoms with E-state index in [1.807, 2.05) is 30.3 Å². The van der Waals surface area contributed by atoms with Crippen molar-refractivity contribution in [1.29, 1.82) is 0 Å². The molecule has 0 saturated carbocycles. The maximum Gasteiger partial charge on any atom is 0.276 e. The number of rotatable bonds is 3. The van der Waals surface area contributed by atoms with Crippen LogP contribution in [0.5, 0.6) is 0 Å². The Bertz CT molecular complexity index is 922. The third kappa shape index (κ3) is 2.50. The standard InChI is InChI=1S/C18H18N4O2/c1-2-15-16(21-11-24-15)18(23)22-7-4-12(5-8-22)14-9-13-3-6-19-17(13)20-10-14/h3-4,6,9-11H,2,5,7-8H2,1H3,(H,19,20). The molecule has 24 heavy (non-hydrogen) atoms. The molecule has 0 radical (unpaired) electrons. The lowest BCUT2D eigenvalue weighted by Crippen LogP contribution is -2.35. The molecule has 3 aromatic heterocycles. The summed E-state index contributed by atoms with van der Waals surface area (Å²) in [5, 5.41) is 1.10. The summed E-state index contributed by atoms with van der Waals surface area (Å²) < 4.78 is 5.26. The number of nitrogens with one attached hydrogen (secondary N) is 1. The molecule has 0 aliphatic carbocycles. The minimum Gasteiger partial charge on any atom is -0.448 e. The van der Waals surface area contributed by atoms with Crippen molar-refractivity contribution in [2.24, 2.45) is 0 Å². The number of nitrogens with zero attached hydrogens (tertiary/aromatic N) is 3. The summed E-state index contributed by atoms with van der Waals surface area (Å²) in [6.07, 6.45) is 8.69. The molecule has 3 aromatic rings. The zero-order valence-electron chi connectivity index (χ0n) is 13.5. The first kappa shape index (κ1) is 14.7. The van der Waals surface area contributed by atoms with Gasteiger partial charge in [-0.1, -0.05) is 13.0 Å². The number of aromatic nitrogens is 3. The van der Waals surface area contributed by atoms with Gasteiger partial charge in [0.15, 0.2) is 12.1 Å². The summed E-state index contributed by atoms with van der Waals surface area (Å²) in [6.45, 7) is 3.21. The Morgan fingerprint density at radius 2 is 2.33 bits per heavy atom. The van der Waals surface area contributed by atoms with E-state index in [1.165, 1.54) is 12.0 Å². The Hall–Kier alpha value is -2.89. The number of H-pyrrole nitrogens is 1. The van der Waals surface area contributed by atoms with Gasteiger partial charge in [-0.15, -0.1) is 0 Å². The highest BCUT2D eigenvalue weighted by atomic mass is 16.3. The van der Waals surface area contributed by atoms with Crippen molar-refractivity contribution in [2.75, 3.05) is 13.1 Å². The van der Waals surface area contributed by atoms with Crippen molar-refractivity contribution in [1.82, 2.24) is 19.9 Å². The molecule has 1 N–H and O–H groups in total. The molecular weight excluding hydrogens is 304 g/mol. The van der Waals surface area contributed by atoms with E-state index in [1.54, 1.807) is 0 Å². The third-order valence-electron chi connectivity index (χ3n) is 4.43. The first-order valence-electron chi connectivity index (χ1n) is 8.10. The van der Waals surface area contributed by atoms with Crippen LogP contribution in [0.15, 0.2) is 41.4 Å². The minimum absolute atomic E-state index is 0.0601. The van der Waals surface area contributed by atoms with Gasteiger partial charge >= 0.3 is 0 Å². The second-order valence-electron chi connectivity index (χ2n) is 5.85. The molecule has 0 unspecified atom stereocenters. The fourth-order valence-electron chi connectivity index (χ4n) is 3.08. The number of hydrogen-bond acceptors (Lipinski definition) is 4. The van der Waals surface area contributed by atoms with E-state index < -0.39 is 0 Å². The molecule has 6 nitrogen and oxygen atoms in total. The van der Waals surface area contributed by atoms with Crippen LogP contribution in [0.4, 0.5) is 0 Å². The number of oxazole rings is 1. The maximum absolute atomic E-state index is 12.6. The van der Waals surface area contributed by atoms with Gasteiger partial charge in [0.25, 0.3) is 5.91 Å². The zero-order valence-corrected chi connectivity index (χ0v) is 13.5. The van der Waals surface area contributed by atoms with Gasteiger partial charge in [-0.05, 0) is 29.7 Å². The maximum atomic E-state index is 12.6. The Morgan fingerprint density at radius 3 is 3.12 bits per heavy atom. The molecule has 1 amide bonds. The Morgan fingerprint density at radius 1 is 1.42 bits per heavy atom. The van der Waals surface area contributed by atoms with Crippen molar-refractivity contribution in [3.8, 4) is 0 Å². The van der Waals surface area contributed by atoms with Crippen LogP contribution in [-0.4, -0.2) is 38.8 Å². The zero-order chi connectivity index (χ0) is 16.5. The molecule has 4 heterocycles. The molecule has 122 valence electrons. The highest BCUT2D eigenvalue weighted by molar-refractivity contribution is 5.94. The number of carbonyl (C=O) groups is 1. The third-order valence-corrected chi connectivity index (χ3v) is 4.43. The normalized spacial score (nSPS) is 14.9.